The van der Waals surface area contributed by atoms with Crippen LogP contribution in [0.5, 0.6) is 0 Å². The summed E-state index contributed by atoms with van der Waals surface area (Å²) in [7, 11) is 0. The van der Waals surface area contributed by atoms with Gasteiger partial charge in [0, 0.05) is 6.42 Å². The normalized spacial score (nSPS) is 12.5. The number of aliphatic carboxylic acids is 1. The maximum absolute atomic E-state index is 12.1. The molecular formula is C5H8FNO3. The molecule has 0 aliphatic carbocycles. The molecule has 58 valence electrons. The standard InChI is InChI=1S/C5H8FNO3/c6-3(5(9)10)1-2-4(7)8/h3H,1-2H2,(H2,7,8)(H,9,10). The van der Waals surface area contributed by atoms with Crippen molar-refractivity contribution in [3.63, 3.8) is 0 Å². The largest absolute Gasteiger partial charge is 0.479 e. The predicted octanol–water partition coefficient (Wildman–Crippen LogP) is -0.325. The van der Waals surface area contributed by atoms with Crippen molar-refractivity contribution in [1.82, 2.24) is 0 Å². The van der Waals surface area contributed by atoms with Crippen LogP contribution in [0.25, 0.3) is 0 Å². The van der Waals surface area contributed by atoms with E-state index in [2.05, 4.69) is 5.73 Å². The van der Waals surface area contributed by atoms with E-state index < -0.39 is 18.0 Å². The average Bonchev–Trinajstić information content (AvgIpc) is 1.82. The fraction of sp³-hybridized carbons (Fsp3) is 0.600. The molecule has 5 heteroatoms. The van der Waals surface area contributed by atoms with Gasteiger partial charge in [0.25, 0.3) is 0 Å². The van der Waals surface area contributed by atoms with Crippen molar-refractivity contribution in [1.29, 1.82) is 0 Å². The molecule has 10 heavy (non-hydrogen) atoms. The second-order valence-corrected chi connectivity index (χ2v) is 1.81. The second-order valence-electron chi connectivity index (χ2n) is 1.81. The Morgan fingerprint density at radius 3 is 2.40 bits per heavy atom. The summed E-state index contributed by atoms with van der Waals surface area (Å²) in [6.45, 7) is 0. The number of carbonyl (C=O) groups is 2. The number of carbonyl (C=O) groups excluding carboxylic acids is 1. The number of carboxylic acids is 1. The van der Waals surface area contributed by atoms with Gasteiger partial charge in [-0.15, -0.1) is 0 Å². The SMILES string of the molecule is NC(=O)CCC(F)C(=O)O. The third-order valence-electron chi connectivity index (χ3n) is 0.912. The summed E-state index contributed by atoms with van der Waals surface area (Å²) in [6, 6.07) is 0. The minimum atomic E-state index is -1.98. The monoisotopic (exact) mass is 149 g/mol. The number of primary amides is 1. The van der Waals surface area contributed by atoms with E-state index in [4.69, 9.17) is 5.11 Å². The molecule has 0 fully saturated rings. The number of rotatable bonds is 4. The van der Waals surface area contributed by atoms with E-state index in [9.17, 15) is 14.0 Å². The minimum absolute atomic E-state index is 0.229. The third-order valence-corrected chi connectivity index (χ3v) is 0.912. The molecule has 0 aromatic heterocycles. The second kappa shape index (κ2) is 3.81. The van der Waals surface area contributed by atoms with Crippen LogP contribution < -0.4 is 5.73 Å². The summed E-state index contributed by atoms with van der Waals surface area (Å²) in [5.41, 5.74) is 4.64. The molecule has 0 bridgehead atoms. The Morgan fingerprint density at radius 2 is 2.10 bits per heavy atom. The molecule has 0 saturated heterocycles. The van der Waals surface area contributed by atoms with Gasteiger partial charge in [-0.25, -0.2) is 9.18 Å². The number of hydrogen-bond acceptors (Lipinski definition) is 2. The Labute approximate surface area is 56.8 Å². The number of nitrogens with two attached hydrogens (primary N) is 1. The van der Waals surface area contributed by atoms with Crippen LogP contribution >= 0.6 is 0 Å². The van der Waals surface area contributed by atoms with Crippen molar-refractivity contribution in [2.24, 2.45) is 5.73 Å². The molecular weight excluding hydrogens is 141 g/mol. The molecule has 0 aromatic rings. The van der Waals surface area contributed by atoms with Gasteiger partial charge < -0.3 is 10.8 Å². The topological polar surface area (TPSA) is 80.4 Å². The van der Waals surface area contributed by atoms with Crippen LogP contribution in [0, 0.1) is 0 Å². The van der Waals surface area contributed by atoms with Crippen molar-refractivity contribution in [3.05, 3.63) is 0 Å². The molecule has 0 rings (SSSR count). The summed E-state index contributed by atoms with van der Waals surface area (Å²) in [5, 5.41) is 7.97. The molecule has 1 amide bonds. The van der Waals surface area contributed by atoms with Crippen LogP contribution in [0.15, 0.2) is 0 Å². The molecule has 1 unspecified atom stereocenters. The quantitative estimate of drug-likeness (QED) is 0.574. The maximum atomic E-state index is 12.1. The van der Waals surface area contributed by atoms with Gasteiger partial charge in [-0.3, -0.25) is 4.79 Å². The fourth-order valence-corrected chi connectivity index (χ4v) is 0.392. The van der Waals surface area contributed by atoms with Gasteiger partial charge in [0.2, 0.25) is 5.91 Å². The number of alkyl halides is 1. The molecule has 0 saturated carbocycles. The molecule has 0 aliphatic heterocycles. The molecule has 0 aliphatic rings. The lowest BCUT2D eigenvalue weighted by Crippen LogP contribution is -2.18. The summed E-state index contributed by atoms with van der Waals surface area (Å²) in [5.74, 6) is -2.25. The Bertz CT molecular complexity index is 148. The molecule has 0 spiro atoms. The minimum Gasteiger partial charge on any atom is -0.479 e. The third kappa shape index (κ3) is 3.82. The average molecular weight is 149 g/mol. The lowest BCUT2D eigenvalue weighted by atomic mass is 10.2. The van der Waals surface area contributed by atoms with Crippen molar-refractivity contribution in [2.45, 2.75) is 19.0 Å². The first-order chi connectivity index (χ1) is 4.54. The van der Waals surface area contributed by atoms with Crippen LogP contribution in [0.2, 0.25) is 0 Å². The van der Waals surface area contributed by atoms with Crippen LogP contribution in [0.4, 0.5) is 4.39 Å². The molecule has 1 atom stereocenters. The molecule has 4 nitrogen and oxygen atoms in total. The highest BCUT2D eigenvalue weighted by atomic mass is 19.1. The first kappa shape index (κ1) is 8.87. The van der Waals surface area contributed by atoms with Gasteiger partial charge in [-0.2, -0.15) is 0 Å². The Morgan fingerprint density at radius 1 is 1.60 bits per heavy atom. The Balaban J connectivity index is 3.49. The lowest BCUT2D eigenvalue weighted by Gasteiger charge is -1.98. The van der Waals surface area contributed by atoms with E-state index in [0.717, 1.165) is 0 Å². The zero-order valence-electron chi connectivity index (χ0n) is 5.21. The molecule has 3 N–H and O–H groups in total. The number of hydrogen-bond donors (Lipinski definition) is 2. The highest BCUT2D eigenvalue weighted by Crippen LogP contribution is 2.00. The van der Waals surface area contributed by atoms with E-state index in [-0.39, 0.29) is 12.8 Å². The molecule has 0 aromatic carbocycles. The lowest BCUT2D eigenvalue weighted by molar-refractivity contribution is -0.143. The van der Waals surface area contributed by atoms with Crippen molar-refractivity contribution >= 4 is 11.9 Å². The van der Waals surface area contributed by atoms with Gasteiger partial charge in [0.1, 0.15) is 0 Å². The van der Waals surface area contributed by atoms with Gasteiger partial charge >= 0.3 is 5.97 Å². The highest BCUT2D eigenvalue weighted by Gasteiger charge is 2.15. The van der Waals surface area contributed by atoms with Gasteiger partial charge in [0.05, 0.1) is 0 Å². The molecule has 0 radical (unpaired) electrons. The number of halogens is 1. The van der Waals surface area contributed by atoms with Crippen LogP contribution in [0.3, 0.4) is 0 Å². The van der Waals surface area contributed by atoms with E-state index in [1.165, 1.54) is 0 Å². The van der Waals surface area contributed by atoms with Crippen LogP contribution in [0.1, 0.15) is 12.8 Å². The number of carboxylic acid groups (broad SMARTS) is 1. The van der Waals surface area contributed by atoms with Crippen molar-refractivity contribution < 1.29 is 19.1 Å². The van der Waals surface area contributed by atoms with Crippen LogP contribution in [-0.2, 0) is 9.59 Å². The van der Waals surface area contributed by atoms with Crippen molar-refractivity contribution in [2.75, 3.05) is 0 Å². The first-order valence-electron chi connectivity index (χ1n) is 2.69. The van der Waals surface area contributed by atoms with E-state index in [1.807, 2.05) is 0 Å². The van der Waals surface area contributed by atoms with E-state index >= 15 is 0 Å². The van der Waals surface area contributed by atoms with Crippen molar-refractivity contribution in [3.8, 4) is 0 Å². The maximum Gasteiger partial charge on any atom is 0.338 e. The smallest absolute Gasteiger partial charge is 0.338 e. The van der Waals surface area contributed by atoms with E-state index in [1.54, 1.807) is 0 Å². The summed E-state index contributed by atoms with van der Waals surface area (Å²) >= 11 is 0. The van der Waals surface area contributed by atoms with Crippen LogP contribution in [-0.4, -0.2) is 23.2 Å². The summed E-state index contributed by atoms with van der Waals surface area (Å²) in [4.78, 5) is 19.8. The summed E-state index contributed by atoms with van der Waals surface area (Å²) in [6.07, 6.45) is -2.55. The molecule has 0 heterocycles. The van der Waals surface area contributed by atoms with Gasteiger partial charge in [-0.05, 0) is 6.42 Å². The Kier molecular flexibility index (Phi) is 3.38. The fourth-order valence-electron chi connectivity index (χ4n) is 0.392. The highest BCUT2D eigenvalue weighted by molar-refractivity contribution is 5.76. The van der Waals surface area contributed by atoms with Gasteiger partial charge in [0.15, 0.2) is 6.17 Å². The predicted molar refractivity (Wildman–Crippen MR) is 31.0 cm³/mol. The number of amides is 1. The Hall–Kier alpha value is -1.13. The summed E-state index contributed by atoms with van der Waals surface area (Å²) < 4.78 is 12.1. The zero-order chi connectivity index (χ0) is 8.15. The first-order valence-corrected chi connectivity index (χ1v) is 2.69. The van der Waals surface area contributed by atoms with E-state index in [0.29, 0.717) is 0 Å². The van der Waals surface area contributed by atoms with Gasteiger partial charge in [-0.1, -0.05) is 0 Å². The zero-order valence-corrected chi connectivity index (χ0v) is 5.21.